The van der Waals surface area contributed by atoms with Crippen LogP contribution in [-0.4, -0.2) is 17.4 Å². The fraction of sp³-hybridized carbons (Fsp3) is 0.500. The number of amides is 1. The molecule has 0 unspecified atom stereocenters. The minimum atomic E-state index is -0.807. The molecule has 2 rings (SSSR count). The third kappa shape index (κ3) is 1.97. The summed E-state index contributed by atoms with van der Waals surface area (Å²) in [7, 11) is 0. The molecule has 0 saturated heterocycles. The SMILES string of the molecule is CCN(C(=O)C1(C#N)CC(C)C1)c1ccncc1. The van der Waals surface area contributed by atoms with Gasteiger partial charge in [0.15, 0.2) is 0 Å². The fourth-order valence-corrected chi connectivity index (χ4v) is 2.67. The fourth-order valence-electron chi connectivity index (χ4n) is 2.67. The van der Waals surface area contributed by atoms with Crippen molar-refractivity contribution in [3.05, 3.63) is 24.5 Å². The Kier molecular flexibility index (Phi) is 3.33. The van der Waals surface area contributed by atoms with E-state index in [9.17, 15) is 10.1 Å². The number of pyridine rings is 1. The Labute approximate surface area is 107 Å². The number of hydrogen-bond donors (Lipinski definition) is 0. The smallest absolute Gasteiger partial charge is 0.247 e. The van der Waals surface area contributed by atoms with E-state index >= 15 is 0 Å². The van der Waals surface area contributed by atoms with Crippen LogP contribution in [0.25, 0.3) is 0 Å². The Balaban J connectivity index is 2.24. The second-order valence-corrected chi connectivity index (χ2v) is 4.96. The molecule has 18 heavy (non-hydrogen) atoms. The zero-order chi connectivity index (χ0) is 13.2. The summed E-state index contributed by atoms with van der Waals surface area (Å²) >= 11 is 0. The Morgan fingerprint density at radius 2 is 2.17 bits per heavy atom. The number of hydrogen-bond acceptors (Lipinski definition) is 3. The molecule has 1 aromatic rings. The van der Waals surface area contributed by atoms with Crippen LogP contribution >= 0.6 is 0 Å². The highest BCUT2D eigenvalue weighted by Crippen LogP contribution is 2.46. The summed E-state index contributed by atoms with van der Waals surface area (Å²) in [6.07, 6.45) is 4.66. The van der Waals surface area contributed by atoms with Crippen molar-refractivity contribution in [1.29, 1.82) is 5.26 Å². The Morgan fingerprint density at radius 1 is 1.56 bits per heavy atom. The third-order valence-electron chi connectivity index (χ3n) is 3.55. The maximum Gasteiger partial charge on any atom is 0.247 e. The zero-order valence-corrected chi connectivity index (χ0v) is 10.8. The quantitative estimate of drug-likeness (QED) is 0.819. The lowest BCUT2D eigenvalue weighted by molar-refractivity contribution is -0.131. The number of nitriles is 1. The standard InChI is InChI=1S/C14H17N3O/c1-3-17(12-4-6-16-7-5-12)13(18)14(10-15)8-11(2)9-14/h4-7,11H,3,8-9H2,1-2H3. The highest BCUT2D eigenvalue weighted by atomic mass is 16.2. The first-order chi connectivity index (χ1) is 8.63. The maximum absolute atomic E-state index is 12.5. The minimum Gasteiger partial charge on any atom is -0.311 e. The first-order valence-corrected chi connectivity index (χ1v) is 6.26. The molecule has 0 radical (unpaired) electrons. The van der Waals surface area contributed by atoms with E-state index in [1.54, 1.807) is 29.4 Å². The average Bonchev–Trinajstić information content (AvgIpc) is 2.36. The first-order valence-electron chi connectivity index (χ1n) is 6.26. The molecule has 1 aliphatic carbocycles. The average molecular weight is 243 g/mol. The van der Waals surface area contributed by atoms with Crippen LogP contribution < -0.4 is 4.90 Å². The number of anilines is 1. The van der Waals surface area contributed by atoms with Gasteiger partial charge in [0.25, 0.3) is 0 Å². The van der Waals surface area contributed by atoms with Gasteiger partial charge in [0.05, 0.1) is 6.07 Å². The molecule has 1 amide bonds. The third-order valence-corrected chi connectivity index (χ3v) is 3.55. The van der Waals surface area contributed by atoms with Crippen molar-refractivity contribution in [3.8, 4) is 6.07 Å². The molecule has 0 N–H and O–H groups in total. The molecule has 1 heterocycles. The van der Waals surface area contributed by atoms with E-state index in [2.05, 4.69) is 18.0 Å². The number of carbonyl (C=O) groups excluding carboxylic acids is 1. The molecular weight excluding hydrogens is 226 g/mol. The molecule has 1 fully saturated rings. The van der Waals surface area contributed by atoms with Crippen LogP contribution in [0.2, 0.25) is 0 Å². The van der Waals surface area contributed by atoms with Crippen molar-refractivity contribution in [3.63, 3.8) is 0 Å². The zero-order valence-electron chi connectivity index (χ0n) is 10.8. The number of nitrogens with zero attached hydrogens (tertiary/aromatic N) is 3. The van der Waals surface area contributed by atoms with Crippen molar-refractivity contribution in [1.82, 2.24) is 4.98 Å². The van der Waals surface area contributed by atoms with Crippen molar-refractivity contribution in [2.75, 3.05) is 11.4 Å². The molecule has 1 aromatic heterocycles. The van der Waals surface area contributed by atoms with Crippen LogP contribution in [0.5, 0.6) is 0 Å². The molecule has 0 spiro atoms. The van der Waals surface area contributed by atoms with Gasteiger partial charge in [-0.1, -0.05) is 6.92 Å². The highest BCUT2D eigenvalue weighted by molar-refractivity contribution is 5.99. The van der Waals surface area contributed by atoms with E-state index in [0.717, 1.165) is 5.69 Å². The van der Waals surface area contributed by atoms with Gasteiger partial charge in [-0.2, -0.15) is 5.26 Å². The van der Waals surface area contributed by atoms with Gasteiger partial charge < -0.3 is 4.90 Å². The van der Waals surface area contributed by atoms with E-state index < -0.39 is 5.41 Å². The molecule has 0 aromatic carbocycles. The van der Waals surface area contributed by atoms with Crippen molar-refractivity contribution < 1.29 is 4.79 Å². The van der Waals surface area contributed by atoms with Gasteiger partial charge in [0.2, 0.25) is 5.91 Å². The monoisotopic (exact) mass is 243 g/mol. The summed E-state index contributed by atoms with van der Waals surface area (Å²) in [6.45, 7) is 4.57. The molecule has 0 aliphatic heterocycles. The van der Waals surface area contributed by atoms with E-state index in [0.29, 0.717) is 25.3 Å². The van der Waals surface area contributed by atoms with E-state index in [1.165, 1.54) is 0 Å². The van der Waals surface area contributed by atoms with Gasteiger partial charge in [-0.3, -0.25) is 9.78 Å². The van der Waals surface area contributed by atoms with Crippen molar-refractivity contribution in [2.45, 2.75) is 26.7 Å². The minimum absolute atomic E-state index is 0.0724. The van der Waals surface area contributed by atoms with Crippen LogP contribution in [-0.2, 0) is 4.79 Å². The van der Waals surface area contributed by atoms with Gasteiger partial charge in [-0.05, 0) is 37.8 Å². The van der Waals surface area contributed by atoms with Crippen LogP contribution in [0.1, 0.15) is 26.7 Å². The molecule has 1 aliphatic rings. The van der Waals surface area contributed by atoms with Gasteiger partial charge in [-0.15, -0.1) is 0 Å². The predicted molar refractivity (Wildman–Crippen MR) is 68.7 cm³/mol. The van der Waals surface area contributed by atoms with Gasteiger partial charge in [0.1, 0.15) is 5.41 Å². The van der Waals surface area contributed by atoms with Gasteiger partial charge >= 0.3 is 0 Å². The Bertz CT molecular complexity index is 472. The maximum atomic E-state index is 12.5. The second kappa shape index (κ2) is 4.77. The van der Waals surface area contributed by atoms with Crippen LogP contribution in [0.15, 0.2) is 24.5 Å². The lowest BCUT2D eigenvalue weighted by Crippen LogP contribution is -2.50. The highest BCUT2D eigenvalue weighted by Gasteiger charge is 2.50. The normalized spacial score (nSPS) is 25.9. The lowest BCUT2D eigenvalue weighted by atomic mass is 9.62. The Morgan fingerprint density at radius 3 is 2.61 bits per heavy atom. The second-order valence-electron chi connectivity index (χ2n) is 4.96. The summed E-state index contributed by atoms with van der Waals surface area (Å²) in [6, 6.07) is 5.82. The Hall–Kier alpha value is -1.89. The number of rotatable bonds is 3. The van der Waals surface area contributed by atoms with Crippen LogP contribution in [0.4, 0.5) is 5.69 Å². The van der Waals surface area contributed by atoms with Gasteiger partial charge in [-0.25, -0.2) is 0 Å². The summed E-state index contributed by atoms with van der Waals surface area (Å²) in [4.78, 5) is 18.2. The number of carbonyl (C=O) groups is 1. The largest absolute Gasteiger partial charge is 0.311 e. The molecule has 1 saturated carbocycles. The molecule has 94 valence electrons. The summed E-state index contributed by atoms with van der Waals surface area (Å²) in [5.41, 5.74) is 0.00489. The van der Waals surface area contributed by atoms with Gasteiger partial charge in [0, 0.05) is 24.6 Å². The van der Waals surface area contributed by atoms with E-state index in [1.807, 2.05) is 6.92 Å². The summed E-state index contributed by atoms with van der Waals surface area (Å²) in [5.74, 6) is 0.390. The predicted octanol–water partition coefficient (Wildman–Crippen LogP) is 2.37. The summed E-state index contributed by atoms with van der Waals surface area (Å²) in [5, 5.41) is 9.31. The molecule has 4 heteroatoms. The van der Waals surface area contributed by atoms with Crippen molar-refractivity contribution >= 4 is 11.6 Å². The molecular formula is C14H17N3O. The van der Waals surface area contributed by atoms with Crippen LogP contribution in [0, 0.1) is 22.7 Å². The van der Waals surface area contributed by atoms with Crippen LogP contribution in [0.3, 0.4) is 0 Å². The van der Waals surface area contributed by atoms with Crippen molar-refractivity contribution in [2.24, 2.45) is 11.3 Å². The topological polar surface area (TPSA) is 57.0 Å². The lowest BCUT2D eigenvalue weighted by Gasteiger charge is -2.42. The first kappa shape index (κ1) is 12.6. The van der Waals surface area contributed by atoms with E-state index in [-0.39, 0.29) is 5.91 Å². The molecule has 0 atom stereocenters. The molecule has 0 bridgehead atoms. The molecule has 4 nitrogen and oxygen atoms in total. The summed E-state index contributed by atoms with van der Waals surface area (Å²) < 4.78 is 0. The number of aromatic nitrogens is 1. The van der Waals surface area contributed by atoms with E-state index in [4.69, 9.17) is 0 Å².